The third kappa shape index (κ3) is 8.84. The number of rotatable bonds is 13. The first-order valence-electron chi connectivity index (χ1n) is 19.2. The number of anilines is 1. The lowest BCUT2D eigenvalue weighted by Crippen LogP contribution is -2.57. The van der Waals surface area contributed by atoms with Gasteiger partial charge in [0.15, 0.2) is 5.82 Å². The molecule has 7 rings (SSSR count). The van der Waals surface area contributed by atoms with Gasteiger partial charge >= 0.3 is 6.09 Å². The standard InChI is InChI=1S/C39H54N8O7/c1-23(2)41-33-8-9-47(44-33)34-21-32(29-7-6-26(19-30(29)42-34)52-15-12-45-10-13-51-14-11-45)53-28-20-31(36(40)48)46(22-28)37(49)35(39(3,4)5)43-38(50)54-27-17-24-16-25(24)18-27/h6-9,19,21,23-25,27-28,31,35H,10-18,20,22H2,1-5H3,(H2,40,48)(H,41,44)(H,43,50)/t24?,25?,27?,28?,31-,35+/m0/s1. The van der Waals surface area contributed by atoms with Crippen LogP contribution in [0.15, 0.2) is 36.5 Å². The van der Waals surface area contributed by atoms with Crippen molar-refractivity contribution < 1.29 is 33.3 Å². The highest BCUT2D eigenvalue weighted by Crippen LogP contribution is 2.52. The van der Waals surface area contributed by atoms with E-state index in [1.54, 1.807) is 10.7 Å². The van der Waals surface area contributed by atoms with Crippen LogP contribution in [-0.2, 0) is 19.1 Å². The van der Waals surface area contributed by atoms with E-state index in [-0.39, 0.29) is 25.1 Å². The summed E-state index contributed by atoms with van der Waals surface area (Å²) in [6, 6.07) is 7.66. The average molecular weight is 747 g/mol. The van der Waals surface area contributed by atoms with Gasteiger partial charge in [0.1, 0.15) is 48.2 Å². The first-order chi connectivity index (χ1) is 25.8. The van der Waals surface area contributed by atoms with E-state index in [4.69, 9.17) is 29.7 Å². The first-order valence-corrected chi connectivity index (χ1v) is 19.2. The molecule has 5 atom stereocenters. The quantitative estimate of drug-likeness (QED) is 0.233. The molecule has 2 saturated carbocycles. The van der Waals surface area contributed by atoms with Crippen molar-refractivity contribution in [3.8, 4) is 17.3 Å². The number of nitrogens with zero attached hydrogens (tertiary/aromatic N) is 5. The van der Waals surface area contributed by atoms with E-state index in [1.165, 1.54) is 11.3 Å². The molecule has 4 fully saturated rings. The maximum absolute atomic E-state index is 14.2. The zero-order valence-electron chi connectivity index (χ0n) is 32.0. The Hall–Kier alpha value is -4.63. The van der Waals surface area contributed by atoms with E-state index in [0.717, 1.165) is 51.1 Å². The van der Waals surface area contributed by atoms with Gasteiger partial charge in [0.2, 0.25) is 11.8 Å². The molecule has 4 aliphatic rings. The van der Waals surface area contributed by atoms with Crippen molar-refractivity contribution in [2.24, 2.45) is 23.0 Å². The van der Waals surface area contributed by atoms with Gasteiger partial charge in [0, 0.05) is 61.9 Å². The minimum atomic E-state index is -0.954. The van der Waals surface area contributed by atoms with Gasteiger partial charge in [-0.25, -0.2) is 14.5 Å². The Kier molecular flexibility index (Phi) is 10.9. The number of morpholine rings is 1. The lowest BCUT2D eigenvalue weighted by Gasteiger charge is -2.35. The van der Waals surface area contributed by atoms with Crippen molar-refractivity contribution in [3.05, 3.63) is 36.5 Å². The molecular formula is C39H54N8O7. The number of primary amides is 1. The highest BCUT2D eigenvalue weighted by Gasteiger charge is 2.48. The number of nitrogens with one attached hydrogen (secondary N) is 2. The number of benzene rings is 1. The number of aromatic nitrogens is 3. The Morgan fingerprint density at radius 3 is 2.48 bits per heavy atom. The Labute approximate surface area is 316 Å². The van der Waals surface area contributed by atoms with Crippen molar-refractivity contribution in [2.45, 2.75) is 90.6 Å². The summed E-state index contributed by atoms with van der Waals surface area (Å²) < 4.78 is 25.7. The first kappa shape index (κ1) is 37.7. The molecule has 0 bridgehead atoms. The molecule has 292 valence electrons. The van der Waals surface area contributed by atoms with E-state index >= 15 is 0 Å². The van der Waals surface area contributed by atoms with Crippen molar-refractivity contribution in [1.29, 1.82) is 0 Å². The number of carbonyl (C=O) groups is 3. The number of alkyl carbamates (subject to hydrolysis) is 1. The van der Waals surface area contributed by atoms with Gasteiger partial charge in [-0.05, 0) is 62.5 Å². The van der Waals surface area contributed by atoms with E-state index in [1.807, 2.05) is 65.1 Å². The van der Waals surface area contributed by atoms with Crippen LogP contribution in [-0.4, -0.2) is 119 Å². The second-order valence-corrected chi connectivity index (χ2v) is 16.5. The molecule has 4 N–H and O–H groups in total. The number of nitrogens with two attached hydrogens (primary N) is 1. The van der Waals surface area contributed by atoms with Gasteiger partial charge in [0.05, 0.1) is 25.3 Å². The number of hydrogen-bond acceptors (Lipinski definition) is 11. The zero-order chi connectivity index (χ0) is 38.1. The third-order valence-corrected chi connectivity index (χ3v) is 10.8. The minimum Gasteiger partial charge on any atom is -0.492 e. The topological polar surface area (TPSA) is 175 Å². The molecule has 2 aliphatic heterocycles. The minimum absolute atomic E-state index is 0.0911. The largest absolute Gasteiger partial charge is 0.492 e. The lowest BCUT2D eigenvalue weighted by molar-refractivity contribution is -0.141. The number of amides is 3. The van der Waals surface area contributed by atoms with Crippen LogP contribution < -0.4 is 25.8 Å². The molecule has 15 nitrogen and oxygen atoms in total. The molecule has 2 aliphatic carbocycles. The highest BCUT2D eigenvalue weighted by atomic mass is 16.6. The van der Waals surface area contributed by atoms with Crippen LogP contribution in [0.1, 0.15) is 60.3 Å². The number of fused-ring (bicyclic) bond motifs is 2. The van der Waals surface area contributed by atoms with Crippen molar-refractivity contribution in [1.82, 2.24) is 29.9 Å². The smallest absolute Gasteiger partial charge is 0.408 e. The second kappa shape index (κ2) is 15.6. The summed E-state index contributed by atoms with van der Waals surface area (Å²) in [5.74, 6) is 2.64. The van der Waals surface area contributed by atoms with Crippen molar-refractivity contribution in [2.75, 3.05) is 51.3 Å². The molecule has 2 aromatic heterocycles. The van der Waals surface area contributed by atoms with Gasteiger partial charge < -0.3 is 40.2 Å². The predicted octanol–water partition coefficient (Wildman–Crippen LogP) is 3.72. The molecule has 0 spiro atoms. The van der Waals surface area contributed by atoms with Gasteiger partial charge in [0.25, 0.3) is 0 Å². The summed E-state index contributed by atoms with van der Waals surface area (Å²) in [5, 5.41) is 11.5. The van der Waals surface area contributed by atoms with Crippen LogP contribution in [0.5, 0.6) is 11.5 Å². The average Bonchev–Trinajstić information content (AvgIpc) is 3.45. The van der Waals surface area contributed by atoms with E-state index in [9.17, 15) is 14.4 Å². The van der Waals surface area contributed by atoms with E-state index in [2.05, 4.69) is 20.6 Å². The maximum atomic E-state index is 14.2. The highest BCUT2D eigenvalue weighted by molar-refractivity contribution is 5.92. The summed E-state index contributed by atoms with van der Waals surface area (Å²) in [6.45, 7) is 14.3. The monoisotopic (exact) mass is 746 g/mol. The SMILES string of the molecule is CC(C)Nc1ccn(-c2cc(OC3C[C@@H](C(N)=O)N(C(=O)[C@@H](NC(=O)OC4CC5CC5C4)C(C)(C)C)C3)c3ccc(OCCN4CCOCC4)cc3n2)n1. The Morgan fingerprint density at radius 1 is 1.02 bits per heavy atom. The summed E-state index contributed by atoms with van der Waals surface area (Å²) >= 11 is 0. The number of pyridine rings is 1. The molecule has 54 heavy (non-hydrogen) atoms. The molecule has 0 radical (unpaired) electrons. The molecule has 3 amide bonds. The van der Waals surface area contributed by atoms with Crippen LogP contribution in [0.25, 0.3) is 16.7 Å². The summed E-state index contributed by atoms with van der Waals surface area (Å²) in [7, 11) is 0. The Balaban J connectivity index is 1.11. The van der Waals surface area contributed by atoms with E-state index < -0.39 is 41.5 Å². The van der Waals surface area contributed by atoms with Gasteiger partial charge in [-0.15, -0.1) is 5.10 Å². The third-order valence-electron chi connectivity index (χ3n) is 10.8. The fourth-order valence-corrected chi connectivity index (χ4v) is 7.86. The van der Waals surface area contributed by atoms with Crippen LogP contribution in [0.4, 0.5) is 10.6 Å². The molecule has 3 aromatic rings. The van der Waals surface area contributed by atoms with Crippen LogP contribution in [0, 0.1) is 17.3 Å². The van der Waals surface area contributed by atoms with Crippen LogP contribution in [0.3, 0.4) is 0 Å². The Bertz CT molecular complexity index is 1830. The zero-order valence-corrected chi connectivity index (χ0v) is 32.0. The summed E-state index contributed by atoms with van der Waals surface area (Å²) in [5.41, 5.74) is 5.85. The normalized spacial score (nSPS) is 24.6. The molecule has 3 unspecified atom stereocenters. The number of likely N-dealkylation sites (tertiary alicyclic amines) is 1. The number of carbonyl (C=O) groups excluding carboxylic acids is 3. The summed E-state index contributed by atoms with van der Waals surface area (Å²) in [6.07, 6.45) is 3.61. The predicted molar refractivity (Wildman–Crippen MR) is 202 cm³/mol. The van der Waals surface area contributed by atoms with Crippen LogP contribution in [0.2, 0.25) is 0 Å². The fourth-order valence-electron chi connectivity index (χ4n) is 7.86. The molecule has 4 heterocycles. The molecular weight excluding hydrogens is 692 g/mol. The van der Waals surface area contributed by atoms with Gasteiger partial charge in [-0.1, -0.05) is 20.8 Å². The lowest BCUT2D eigenvalue weighted by atomic mass is 9.85. The van der Waals surface area contributed by atoms with Gasteiger partial charge in [-0.3, -0.25) is 14.5 Å². The number of ether oxygens (including phenoxy) is 4. The Morgan fingerprint density at radius 2 is 1.78 bits per heavy atom. The van der Waals surface area contributed by atoms with E-state index in [0.29, 0.717) is 47.1 Å². The van der Waals surface area contributed by atoms with Crippen molar-refractivity contribution in [3.63, 3.8) is 0 Å². The molecule has 2 saturated heterocycles. The second-order valence-electron chi connectivity index (χ2n) is 16.5. The molecule has 15 heteroatoms. The van der Waals surface area contributed by atoms with Gasteiger partial charge in [-0.2, -0.15) is 0 Å². The fraction of sp³-hybridized carbons (Fsp3) is 0.615. The molecule has 1 aromatic carbocycles. The maximum Gasteiger partial charge on any atom is 0.408 e. The number of hydrogen-bond donors (Lipinski definition) is 3. The van der Waals surface area contributed by atoms with Crippen LogP contribution >= 0.6 is 0 Å². The summed E-state index contributed by atoms with van der Waals surface area (Å²) in [4.78, 5) is 48.8. The van der Waals surface area contributed by atoms with Crippen molar-refractivity contribution >= 4 is 34.6 Å².